The van der Waals surface area contributed by atoms with Gasteiger partial charge in [0, 0.05) is 59.0 Å². The molecule has 5 aromatic carbocycles. The fraction of sp³-hybridized carbons (Fsp3) is 0.209. The molecule has 8 heteroatoms. The van der Waals surface area contributed by atoms with Crippen LogP contribution in [0.1, 0.15) is 97.7 Å². The van der Waals surface area contributed by atoms with E-state index in [9.17, 15) is 19.2 Å². The number of benzene rings is 5. The van der Waals surface area contributed by atoms with Crippen molar-refractivity contribution in [2.75, 3.05) is 12.8 Å². The Morgan fingerprint density at radius 2 is 0.863 bits per heavy atom. The molecule has 0 bridgehead atoms. The summed E-state index contributed by atoms with van der Waals surface area (Å²) >= 11 is 0. The lowest BCUT2D eigenvalue weighted by atomic mass is 9.78. The average Bonchev–Trinajstić information content (AvgIpc) is 3.13. The number of rotatable bonds is 6. The second-order valence-electron chi connectivity index (χ2n) is 12.9. The predicted octanol–water partition coefficient (Wildman–Crippen LogP) is 9.07. The lowest BCUT2D eigenvalue weighted by Gasteiger charge is -2.26. The zero-order chi connectivity index (χ0) is 36.7. The van der Waals surface area contributed by atoms with Crippen LogP contribution in [0.2, 0.25) is 0 Å². The smallest absolute Gasteiger partial charge is 0.164 e. The van der Waals surface area contributed by atoms with Crippen LogP contribution in [0.25, 0.3) is 0 Å². The van der Waals surface area contributed by atoms with Crippen LogP contribution in [-0.4, -0.2) is 30.2 Å². The van der Waals surface area contributed by atoms with Crippen LogP contribution in [0, 0.1) is 6.92 Å². The number of Topliss-reactive ketones (excluding diaryl/α,β-unsaturated/α-hetero) is 4. The van der Waals surface area contributed by atoms with E-state index >= 15 is 0 Å². The predicted molar refractivity (Wildman–Crippen MR) is 200 cm³/mol. The summed E-state index contributed by atoms with van der Waals surface area (Å²) in [7, 11) is 1.50. The minimum atomic E-state index is -0.311. The molecule has 2 aliphatic rings. The van der Waals surface area contributed by atoms with Gasteiger partial charge in [0.15, 0.2) is 23.1 Å². The SMILES string of the molecule is CC(C)(c1ccc(Oc2ccc3c(c2)C(=O)CCC3=O)cc1)c1ccc(Oc2ccc3c(c2)C(=O)CCC3=O)cc1.CN.Cc1cccc(N)c1. The van der Waals surface area contributed by atoms with Gasteiger partial charge < -0.3 is 20.9 Å². The largest absolute Gasteiger partial charge is 0.457 e. The fourth-order valence-corrected chi connectivity index (χ4v) is 6.10. The van der Waals surface area contributed by atoms with E-state index in [2.05, 4.69) is 19.6 Å². The third kappa shape index (κ3) is 8.48. The number of aryl methyl sites for hydroxylation is 1. The number of hydrogen-bond acceptors (Lipinski definition) is 8. The Kier molecular flexibility index (Phi) is 11.3. The first kappa shape index (κ1) is 36.4. The van der Waals surface area contributed by atoms with E-state index in [4.69, 9.17) is 15.2 Å². The molecule has 7 rings (SSSR count). The van der Waals surface area contributed by atoms with Crippen molar-refractivity contribution >= 4 is 28.8 Å². The van der Waals surface area contributed by atoms with Crippen molar-refractivity contribution in [3.8, 4) is 23.0 Å². The van der Waals surface area contributed by atoms with Crippen LogP contribution in [0.3, 0.4) is 0 Å². The molecule has 0 saturated carbocycles. The maximum Gasteiger partial charge on any atom is 0.164 e. The van der Waals surface area contributed by atoms with Crippen LogP contribution in [0.15, 0.2) is 109 Å². The van der Waals surface area contributed by atoms with Crippen LogP contribution in [-0.2, 0) is 5.41 Å². The minimum absolute atomic E-state index is 0.00916. The second kappa shape index (κ2) is 15.8. The van der Waals surface area contributed by atoms with Gasteiger partial charge in [-0.1, -0.05) is 50.2 Å². The Bertz CT molecular complexity index is 1940. The highest BCUT2D eigenvalue weighted by atomic mass is 16.5. The first-order chi connectivity index (χ1) is 24.5. The van der Waals surface area contributed by atoms with Crippen molar-refractivity contribution < 1.29 is 28.7 Å². The first-order valence-electron chi connectivity index (χ1n) is 16.9. The molecule has 0 heterocycles. The molecule has 0 fully saturated rings. The van der Waals surface area contributed by atoms with Crippen molar-refractivity contribution in [1.82, 2.24) is 0 Å². The summed E-state index contributed by atoms with van der Waals surface area (Å²) < 4.78 is 12.0. The zero-order valence-corrected chi connectivity index (χ0v) is 29.3. The number of anilines is 1. The van der Waals surface area contributed by atoms with E-state index in [1.54, 1.807) is 36.4 Å². The Morgan fingerprint density at radius 3 is 1.22 bits per heavy atom. The van der Waals surface area contributed by atoms with E-state index < -0.39 is 0 Å². The minimum Gasteiger partial charge on any atom is -0.457 e. The van der Waals surface area contributed by atoms with Gasteiger partial charge in [0.25, 0.3) is 0 Å². The second-order valence-corrected chi connectivity index (χ2v) is 12.9. The van der Waals surface area contributed by atoms with Crippen LogP contribution in [0.4, 0.5) is 5.69 Å². The van der Waals surface area contributed by atoms with E-state index in [1.807, 2.05) is 79.7 Å². The summed E-state index contributed by atoms with van der Waals surface area (Å²) in [6.07, 6.45) is 1.00. The lowest BCUT2D eigenvalue weighted by molar-refractivity contribution is 0.0890. The molecular weight excluding hydrogens is 640 g/mol. The monoisotopic (exact) mass is 682 g/mol. The number of ketones is 4. The summed E-state index contributed by atoms with van der Waals surface area (Å²) in [4.78, 5) is 48.7. The van der Waals surface area contributed by atoms with Gasteiger partial charge in [-0.15, -0.1) is 0 Å². The van der Waals surface area contributed by atoms with Crippen LogP contribution < -0.4 is 20.9 Å². The van der Waals surface area contributed by atoms with Crippen molar-refractivity contribution in [1.29, 1.82) is 0 Å². The Labute approximate surface area is 298 Å². The molecule has 0 aromatic heterocycles. The Balaban J connectivity index is 0.000000441. The third-order valence-electron chi connectivity index (χ3n) is 9.01. The maximum atomic E-state index is 12.3. The van der Waals surface area contributed by atoms with E-state index in [1.165, 1.54) is 12.6 Å². The number of fused-ring (bicyclic) bond motifs is 2. The molecule has 4 N–H and O–H groups in total. The zero-order valence-electron chi connectivity index (χ0n) is 29.3. The molecule has 260 valence electrons. The van der Waals surface area contributed by atoms with Gasteiger partial charge in [0.1, 0.15) is 23.0 Å². The molecule has 2 aliphatic carbocycles. The highest BCUT2D eigenvalue weighted by molar-refractivity contribution is 6.14. The summed E-state index contributed by atoms with van der Waals surface area (Å²) in [5, 5.41) is 0. The average molecular weight is 683 g/mol. The Morgan fingerprint density at radius 1 is 0.490 bits per heavy atom. The van der Waals surface area contributed by atoms with E-state index in [0.717, 1.165) is 16.8 Å². The quantitative estimate of drug-likeness (QED) is 0.169. The molecule has 0 spiro atoms. The number of nitrogen functional groups attached to an aromatic ring is 1. The fourth-order valence-electron chi connectivity index (χ4n) is 6.10. The van der Waals surface area contributed by atoms with Crippen LogP contribution >= 0.6 is 0 Å². The number of carbonyl (C=O) groups is 4. The van der Waals surface area contributed by atoms with Gasteiger partial charge in [-0.25, -0.2) is 0 Å². The summed E-state index contributed by atoms with van der Waals surface area (Å²) in [6, 6.07) is 33.5. The molecule has 0 unspecified atom stereocenters. The molecule has 0 amide bonds. The van der Waals surface area contributed by atoms with Gasteiger partial charge in [-0.3, -0.25) is 19.2 Å². The first-order valence-corrected chi connectivity index (χ1v) is 16.9. The van der Waals surface area contributed by atoms with Crippen LogP contribution in [0.5, 0.6) is 23.0 Å². The molecular formula is C43H42N2O6. The molecule has 0 aliphatic heterocycles. The molecule has 0 saturated heterocycles. The van der Waals surface area contributed by atoms with Gasteiger partial charge in [-0.2, -0.15) is 0 Å². The highest BCUT2D eigenvalue weighted by Crippen LogP contribution is 2.36. The topological polar surface area (TPSA) is 139 Å². The number of nitrogens with two attached hydrogens (primary N) is 2. The van der Waals surface area contributed by atoms with Gasteiger partial charge in [0.05, 0.1) is 0 Å². The molecule has 8 nitrogen and oxygen atoms in total. The van der Waals surface area contributed by atoms with E-state index in [-0.39, 0.29) is 54.2 Å². The van der Waals surface area contributed by atoms with Crippen molar-refractivity contribution in [3.63, 3.8) is 0 Å². The molecule has 5 aromatic rings. The number of ether oxygens (including phenoxy) is 2. The van der Waals surface area contributed by atoms with Crippen molar-refractivity contribution in [2.45, 2.75) is 51.9 Å². The van der Waals surface area contributed by atoms with Gasteiger partial charge in [-0.05, 0) is 103 Å². The molecule has 0 radical (unpaired) electrons. The lowest BCUT2D eigenvalue weighted by Crippen LogP contribution is -2.18. The van der Waals surface area contributed by atoms with Gasteiger partial charge in [0.2, 0.25) is 0 Å². The normalized spacial score (nSPS) is 13.5. The number of carbonyl (C=O) groups excluding carboxylic acids is 4. The summed E-state index contributed by atoms with van der Waals surface area (Å²) in [6.45, 7) is 6.30. The maximum absolute atomic E-state index is 12.3. The highest BCUT2D eigenvalue weighted by Gasteiger charge is 2.26. The third-order valence-corrected chi connectivity index (χ3v) is 9.01. The summed E-state index contributed by atoms with van der Waals surface area (Å²) in [5.74, 6) is 2.21. The molecule has 51 heavy (non-hydrogen) atoms. The number of hydrogen-bond donors (Lipinski definition) is 2. The van der Waals surface area contributed by atoms with Crippen molar-refractivity contribution in [3.05, 3.63) is 148 Å². The standard InChI is InChI=1S/C35H28O6.C7H9N.CH5N/c1-35(2,21-3-7-23(8-4-21)40-25-11-13-27-29(19-25)33(38)17-15-31(27)36)22-5-9-24(10-6-22)41-26-12-14-28-30(20-26)34(39)18-16-32(28)37;1-6-3-2-4-7(8)5-6;1-2/h3-14,19-20H,15-18H2,1-2H3;2-5H,8H2,1H3;2H2,1H3. The van der Waals surface area contributed by atoms with E-state index in [0.29, 0.717) is 45.3 Å². The summed E-state index contributed by atoms with van der Waals surface area (Å²) in [5.41, 5.74) is 15.7. The van der Waals surface area contributed by atoms with Crippen molar-refractivity contribution in [2.24, 2.45) is 5.73 Å². The molecule has 0 atom stereocenters. The Hall–Kier alpha value is -5.86. The van der Waals surface area contributed by atoms with Gasteiger partial charge >= 0.3 is 0 Å².